The van der Waals surface area contributed by atoms with Crippen molar-refractivity contribution >= 4 is 21.8 Å². The maximum absolute atomic E-state index is 13.6. The number of hydrogen-bond acceptors (Lipinski definition) is 3. The Labute approximate surface area is 140 Å². The first-order valence-corrected chi connectivity index (χ1v) is 7.60. The number of nitrogens with zero attached hydrogens (tertiary/aromatic N) is 3. The molecule has 1 aromatic heterocycles. The molecule has 5 nitrogen and oxygen atoms in total. The summed E-state index contributed by atoms with van der Waals surface area (Å²) < 4.78 is 16.0. The summed E-state index contributed by atoms with van der Waals surface area (Å²) in [5, 5.41) is 6.72. The first kappa shape index (κ1) is 15.4. The van der Waals surface area contributed by atoms with Crippen molar-refractivity contribution in [3.8, 4) is 5.69 Å². The molecule has 2 aromatic carbocycles. The molecule has 0 saturated heterocycles. The minimum Gasteiger partial charge on any atom is -0.348 e. The highest BCUT2D eigenvalue weighted by atomic mass is 79.9. The van der Waals surface area contributed by atoms with E-state index in [1.54, 1.807) is 47.4 Å². The van der Waals surface area contributed by atoms with Crippen molar-refractivity contribution in [2.45, 2.75) is 6.54 Å². The van der Waals surface area contributed by atoms with E-state index in [1.807, 2.05) is 0 Å². The van der Waals surface area contributed by atoms with Crippen LogP contribution in [0.4, 0.5) is 4.39 Å². The van der Waals surface area contributed by atoms with Crippen molar-refractivity contribution in [1.82, 2.24) is 20.1 Å². The Balaban J connectivity index is 1.67. The summed E-state index contributed by atoms with van der Waals surface area (Å²) in [4.78, 5) is 16.0. The summed E-state index contributed by atoms with van der Waals surface area (Å²) >= 11 is 3.28. The third-order valence-electron chi connectivity index (χ3n) is 3.26. The lowest BCUT2D eigenvalue weighted by molar-refractivity contribution is 0.0950. The van der Waals surface area contributed by atoms with Crippen LogP contribution >= 0.6 is 15.9 Å². The van der Waals surface area contributed by atoms with E-state index in [4.69, 9.17) is 0 Å². The summed E-state index contributed by atoms with van der Waals surface area (Å²) in [6, 6.07) is 11.5. The number of carbonyl (C=O) groups excluding carboxylic acids is 1. The Morgan fingerprint density at radius 1 is 1.22 bits per heavy atom. The maximum Gasteiger partial charge on any atom is 0.251 e. The van der Waals surface area contributed by atoms with Crippen LogP contribution in [0.25, 0.3) is 5.69 Å². The lowest BCUT2D eigenvalue weighted by Crippen LogP contribution is -2.23. The molecule has 0 spiro atoms. The van der Waals surface area contributed by atoms with Crippen molar-refractivity contribution in [2.24, 2.45) is 0 Å². The first-order chi connectivity index (χ1) is 11.1. The van der Waals surface area contributed by atoms with Gasteiger partial charge in [-0.05, 0) is 42.5 Å². The number of carbonyl (C=O) groups is 1. The SMILES string of the molecule is O=C(NCc1cc(Br)ccc1F)c1ccc(-n2cncn2)cc1. The highest BCUT2D eigenvalue weighted by Gasteiger charge is 2.08. The molecule has 3 rings (SSSR count). The summed E-state index contributed by atoms with van der Waals surface area (Å²) in [7, 11) is 0. The zero-order valence-corrected chi connectivity index (χ0v) is 13.5. The average molecular weight is 375 g/mol. The molecule has 0 aliphatic carbocycles. The molecule has 0 unspecified atom stereocenters. The lowest BCUT2D eigenvalue weighted by atomic mass is 10.1. The number of hydrogen-bond donors (Lipinski definition) is 1. The van der Waals surface area contributed by atoms with Crippen LogP contribution in [0.5, 0.6) is 0 Å². The highest BCUT2D eigenvalue weighted by Crippen LogP contribution is 2.15. The van der Waals surface area contributed by atoms with Crippen molar-refractivity contribution < 1.29 is 9.18 Å². The minimum atomic E-state index is -0.352. The predicted octanol–water partition coefficient (Wildman–Crippen LogP) is 3.10. The van der Waals surface area contributed by atoms with Gasteiger partial charge < -0.3 is 5.32 Å². The average Bonchev–Trinajstić information content (AvgIpc) is 3.10. The molecule has 0 atom stereocenters. The molecule has 1 heterocycles. The van der Waals surface area contributed by atoms with Crippen molar-refractivity contribution in [3.05, 3.63) is 76.5 Å². The number of rotatable bonds is 4. The number of benzene rings is 2. The van der Waals surface area contributed by atoms with Gasteiger partial charge in [-0.15, -0.1) is 0 Å². The number of amides is 1. The molecule has 0 aliphatic heterocycles. The fourth-order valence-corrected chi connectivity index (χ4v) is 2.47. The Morgan fingerprint density at radius 3 is 2.70 bits per heavy atom. The minimum absolute atomic E-state index is 0.120. The lowest BCUT2D eigenvalue weighted by Gasteiger charge is -2.08. The van der Waals surface area contributed by atoms with Gasteiger partial charge in [-0.2, -0.15) is 5.10 Å². The number of halogens is 2. The van der Waals surface area contributed by atoms with Crippen LogP contribution in [0.2, 0.25) is 0 Å². The molecule has 7 heteroatoms. The molecule has 3 aromatic rings. The van der Waals surface area contributed by atoms with Gasteiger partial charge in [-0.25, -0.2) is 14.1 Å². The molecule has 0 fully saturated rings. The molecule has 0 saturated carbocycles. The van der Waals surface area contributed by atoms with Crippen LogP contribution < -0.4 is 5.32 Å². The zero-order valence-electron chi connectivity index (χ0n) is 11.9. The van der Waals surface area contributed by atoms with Gasteiger partial charge in [-0.3, -0.25) is 4.79 Å². The highest BCUT2D eigenvalue weighted by molar-refractivity contribution is 9.10. The largest absolute Gasteiger partial charge is 0.348 e. The molecule has 0 aliphatic rings. The monoisotopic (exact) mass is 374 g/mol. The van der Waals surface area contributed by atoms with Crippen LogP contribution in [0.15, 0.2) is 59.6 Å². The van der Waals surface area contributed by atoms with E-state index in [0.29, 0.717) is 11.1 Å². The summed E-state index contributed by atoms with van der Waals surface area (Å²) in [5.41, 5.74) is 1.72. The smallest absolute Gasteiger partial charge is 0.251 e. The summed E-state index contributed by atoms with van der Waals surface area (Å²) in [5.74, 6) is -0.621. The molecule has 1 N–H and O–H groups in total. The van der Waals surface area contributed by atoms with E-state index in [2.05, 4.69) is 31.3 Å². The van der Waals surface area contributed by atoms with Gasteiger partial charge in [0.15, 0.2) is 0 Å². The Kier molecular flexibility index (Phi) is 4.47. The molecular formula is C16H12BrFN4O. The molecule has 1 amide bonds. The van der Waals surface area contributed by atoms with E-state index in [9.17, 15) is 9.18 Å². The quantitative estimate of drug-likeness (QED) is 0.763. The van der Waals surface area contributed by atoms with Gasteiger partial charge >= 0.3 is 0 Å². The van der Waals surface area contributed by atoms with E-state index in [1.165, 1.54) is 12.4 Å². The molecule has 0 bridgehead atoms. The van der Waals surface area contributed by atoms with Crippen molar-refractivity contribution in [2.75, 3.05) is 0 Å². The second-order valence-corrected chi connectivity index (χ2v) is 5.72. The molecule has 23 heavy (non-hydrogen) atoms. The van der Waals surface area contributed by atoms with Gasteiger partial charge in [0.1, 0.15) is 18.5 Å². The van der Waals surface area contributed by atoms with E-state index >= 15 is 0 Å². The van der Waals surface area contributed by atoms with E-state index in [-0.39, 0.29) is 18.3 Å². The second-order valence-electron chi connectivity index (χ2n) is 4.81. The van der Waals surface area contributed by atoms with Gasteiger partial charge in [-0.1, -0.05) is 15.9 Å². The topological polar surface area (TPSA) is 59.8 Å². The van der Waals surface area contributed by atoms with Gasteiger partial charge in [0.05, 0.1) is 5.69 Å². The molecule has 116 valence electrons. The Morgan fingerprint density at radius 2 is 2.00 bits per heavy atom. The third kappa shape index (κ3) is 3.62. The van der Waals surface area contributed by atoms with Crippen molar-refractivity contribution in [1.29, 1.82) is 0 Å². The summed E-state index contributed by atoms with van der Waals surface area (Å²) in [6.07, 6.45) is 3.01. The first-order valence-electron chi connectivity index (χ1n) is 6.80. The van der Waals surface area contributed by atoms with Crippen LogP contribution in [-0.4, -0.2) is 20.7 Å². The Bertz CT molecular complexity index is 819. The normalized spacial score (nSPS) is 10.5. The zero-order chi connectivity index (χ0) is 16.2. The van der Waals surface area contributed by atoms with Crippen LogP contribution in [0, 0.1) is 5.82 Å². The van der Waals surface area contributed by atoms with Crippen LogP contribution in [0.1, 0.15) is 15.9 Å². The van der Waals surface area contributed by atoms with Gasteiger partial charge in [0.2, 0.25) is 0 Å². The third-order valence-corrected chi connectivity index (χ3v) is 3.75. The maximum atomic E-state index is 13.6. The fraction of sp³-hybridized carbons (Fsp3) is 0.0625. The summed E-state index contributed by atoms with van der Waals surface area (Å²) in [6.45, 7) is 0.120. The fourth-order valence-electron chi connectivity index (χ4n) is 2.06. The van der Waals surface area contributed by atoms with E-state index in [0.717, 1.165) is 10.2 Å². The molecular weight excluding hydrogens is 363 g/mol. The van der Waals surface area contributed by atoms with E-state index < -0.39 is 0 Å². The second kappa shape index (κ2) is 6.70. The predicted molar refractivity (Wildman–Crippen MR) is 86.6 cm³/mol. The standard InChI is InChI=1S/C16H12BrFN4O/c17-13-3-6-15(18)12(7-13)8-20-16(23)11-1-4-14(5-2-11)22-10-19-9-21-22/h1-7,9-10H,8H2,(H,20,23). The van der Waals surface area contributed by atoms with Crippen LogP contribution in [-0.2, 0) is 6.54 Å². The number of nitrogens with one attached hydrogen (secondary N) is 1. The van der Waals surface area contributed by atoms with Gasteiger partial charge in [0, 0.05) is 22.1 Å². The van der Waals surface area contributed by atoms with Crippen LogP contribution in [0.3, 0.4) is 0 Å². The number of aromatic nitrogens is 3. The van der Waals surface area contributed by atoms with Crippen molar-refractivity contribution in [3.63, 3.8) is 0 Å². The Hall–Kier alpha value is -2.54. The molecule has 0 radical (unpaired) electrons. The van der Waals surface area contributed by atoms with Gasteiger partial charge in [0.25, 0.3) is 5.91 Å².